The topological polar surface area (TPSA) is 235 Å². The Labute approximate surface area is 350 Å². The lowest BCUT2D eigenvalue weighted by atomic mass is 10.0. The number of methoxy groups -OCH3 is 2. The maximum atomic E-state index is 13.6. The molecular formula is C43H51N11O7. The number of hydrogen-bond donors (Lipinski definition) is 7. The third-order valence-corrected chi connectivity index (χ3v) is 11.7. The number of likely N-dealkylation sites (tertiary alicyclic amines) is 2. The number of imidazole rings is 2. The predicted molar refractivity (Wildman–Crippen MR) is 227 cm³/mol. The van der Waals surface area contributed by atoms with Crippen LogP contribution in [0.5, 0.6) is 0 Å². The summed E-state index contributed by atoms with van der Waals surface area (Å²) < 4.78 is 9.51. The number of alkyl carbamates (subject to hydrolysis) is 2. The van der Waals surface area contributed by atoms with E-state index in [0.29, 0.717) is 47.2 Å². The Morgan fingerprint density at radius 2 is 1.30 bits per heavy atom. The zero-order valence-electron chi connectivity index (χ0n) is 35.0. The summed E-state index contributed by atoms with van der Waals surface area (Å²) in [6, 6.07) is 11.3. The first-order valence-corrected chi connectivity index (χ1v) is 20.6. The van der Waals surface area contributed by atoms with Crippen molar-refractivity contribution in [3.63, 3.8) is 0 Å². The van der Waals surface area contributed by atoms with Crippen molar-refractivity contribution >= 4 is 68.4 Å². The molecule has 2 aliphatic heterocycles. The minimum absolute atomic E-state index is 0.130. The van der Waals surface area contributed by atoms with E-state index in [9.17, 15) is 24.0 Å². The van der Waals surface area contributed by atoms with Crippen molar-refractivity contribution in [3.05, 3.63) is 66.0 Å². The second-order valence-electron chi connectivity index (χ2n) is 16.5. The number of amides is 5. The fourth-order valence-electron chi connectivity index (χ4n) is 8.52. The molecule has 4 atom stereocenters. The number of aromatic nitrogens is 6. The molecule has 0 saturated carbocycles. The summed E-state index contributed by atoms with van der Waals surface area (Å²) in [6.45, 7) is 8.63. The summed E-state index contributed by atoms with van der Waals surface area (Å²) in [4.78, 5) is 91.2. The molecule has 4 aromatic heterocycles. The average molecular weight is 834 g/mol. The number of carbonyl (C=O) groups excluding carboxylic acids is 5. The summed E-state index contributed by atoms with van der Waals surface area (Å²) in [5, 5.41) is 10.2. The van der Waals surface area contributed by atoms with E-state index < -0.39 is 24.3 Å². The van der Waals surface area contributed by atoms with Gasteiger partial charge in [0.1, 0.15) is 29.4 Å². The van der Waals surface area contributed by atoms with E-state index in [2.05, 4.69) is 40.9 Å². The van der Waals surface area contributed by atoms with Crippen LogP contribution in [-0.2, 0) is 19.1 Å². The van der Waals surface area contributed by atoms with Crippen LogP contribution in [0, 0.1) is 11.8 Å². The van der Waals surface area contributed by atoms with Crippen LogP contribution in [0.2, 0.25) is 0 Å². The van der Waals surface area contributed by atoms with Crippen LogP contribution in [0.3, 0.4) is 0 Å². The highest BCUT2D eigenvalue weighted by molar-refractivity contribution is 6.08. The average Bonchev–Trinajstić information content (AvgIpc) is 4.10. The van der Waals surface area contributed by atoms with Gasteiger partial charge < -0.3 is 55.2 Å². The van der Waals surface area contributed by atoms with E-state index >= 15 is 0 Å². The van der Waals surface area contributed by atoms with Gasteiger partial charge in [0.15, 0.2) is 0 Å². The quantitative estimate of drug-likeness (QED) is 0.0780. The van der Waals surface area contributed by atoms with Crippen molar-refractivity contribution in [2.75, 3.05) is 32.6 Å². The van der Waals surface area contributed by atoms with Crippen molar-refractivity contribution in [1.29, 1.82) is 0 Å². The number of nitrogens with one attached hydrogen (secondary N) is 7. The van der Waals surface area contributed by atoms with Gasteiger partial charge in [-0.3, -0.25) is 14.4 Å². The van der Waals surface area contributed by atoms with E-state index in [1.165, 1.54) is 14.2 Å². The van der Waals surface area contributed by atoms with Gasteiger partial charge >= 0.3 is 12.2 Å². The molecule has 18 heteroatoms. The van der Waals surface area contributed by atoms with Gasteiger partial charge in [-0.1, -0.05) is 27.7 Å². The second kappa shape index (κ2) is 16.7. The molecule has 2 aromatic carbocycles. The van der Waals surface area contributed by atoms with Gasteiger partial charge in [-0.15, -0.1) is 0 Å². The molecule has 0 bridgehead atoms. The minimum atomic E-state index is -0.732. The monoisotopic (exact) mass is 833 g/mol. The fraction of sp³-hybridized carbons (Fsp3) is 0.419. The molecule has 2 saturated heterocycles. The molecule has 2 fully saturated rings. The summed E-state index contributed by atoms with van der Waals surface area (Å²) in [7, 11) is 2.55. The summed E-state index contributed by atoms with van der Waals surface area (Å²) in [5.41, 5.74) is 5.62. The first kappa shape index (κ1) is 40.9. The van der Waals surface area contributed by atoms with Crippen LogP contribution < -0.4 is 16.0 Å². The number of benzene rings is 2. The normalized spacial score (nSPS) is 17.7. The van der Waals surface area contributed by atoms with Crippen LogP contribution in [-0.4, -0.2) is 109 Å². The van der Waals surface area contributed by atoms with Crippen molar-refractivity contribution in [2.45, 2.75) is 77.5 Å². The van der Waals surface area contributed by atoms with E-state index in [-0.39, 0.29) is 41.6 Å². The highest BCUT2D eigenvalue weighted by Gasteiger charge is 2.39. The number of ether oxygens (including phenoxy) is 2. The molecule has 6 aromatic rings. The minimum Gasteiger partial charge on any atom is -0.453 e. The Morgan fingerprint density at radius 3 is 1.92 bits per heavy atom. The van der Waals surface area contributed by atoms with Gasteiger partial charge in [-0.25, -0.2) is 19.6 Å². The first-order valence-electron chi connectivity index (χ1n) is 20.6. The van der Waals surface area contributed by atoms with E-state index in [1.54, 1.807) is 22.1 Å². The molecule has 8 rings (SSSR count). The zero-order chi connectivity index (χ0) is 43.1. The molecule has 2 unspecified atom stereocenters. The second-order valence-corrected chi connectivity index (χ2v) is 16.5. The van der Waals surface area contributed by atoms with Crippen molar-refractivity contribution < 1.29 is 33.4 Å². The van der Waals surface area contributed by atoms with E-state index in [4.69, 9.17) is 14.5 Å². The van der Waals surface area contributed by atoms with E-state index in [1.807, 2.05) is 64.1 Å². The molecule has 61 heavy (non-hydrogen) atoms. The van der Waals surface area contributed by atoms with Crippen molar-refractivity contribution in [3.8, 4) is 11.4 Å². The highest BCUT2D eigenvalue weighted by atomic mass is 16.5. The van der Waals surface area contributed by atoms with Crippen LogP contribution in [0.15, 0.2) is 48.7 Å². The molecule has 2 aliphatic rings. The van der Waals surface area contributed by atoms with Crippen molar-refractivity contribution in [1.82, 2.24) is 50.3 Å². The number of rotatable bonds is 11. The maximum Gasteiger partial charge on any atom is 0.407 e. The number of anilines is 1. The van der Waals surface area contributed by atoms with Gasteiger partial charge in [-0.05, 0) is 80.0 Å². The summed E-state index contributed by atoms with van der Waals surface area (Å²) in [5.74, 6) is 0.382. The third-order valence-electron chi connectivity index (χ3n) is 11.7. The number of aromatic amines is 4. The Kier molecular flexibility index (Phi) is 11.2. The molecule has 0 radical (unpaired) electrons. The zero-order valence-corrected chi connectivity index (χ0v) is 35.0. The van der Waals surface area contributed by atoms with Gasteiger partial charge in [0, 0.05) is 40.6 Å². The Hall–Kier alpha value is -6.85. The maximum absolute atomic E-state index is 13.6. The van der Waals surface area contributed by atoms with Gasteiger partial charge in [-0.2, -0.15) is 0 Å². The Balaban J connectivity index is 0.946. The van der Waals surface area contributed by atoms with Gasteiger partial charge in [0.25, 0.3) is 5.91 Å². The first-order chi connectivity index (χ1) is 29.3. The highest BCUT2D eigenvalue weighted by Crippen LogP contribution is 2.35. The molecule has 7 N–H and O–H groups in total. The van der Waals surface area contributed by atoms with Crippen LogP contribution in [0.25, 0.3) is 44.2 Å². The fourth-order valence-corrected chi connectivity index (χ4v) is 8.52. The van der Waals surface area contributed by atoms with Gasteiger partial charge in [0.2, 0.25) is 11.8 Å². The lowest BCUT2D eigenvalue weighted by Crippen LogP contribution is -2.51. The number of hydrogen-bond acceptors (Lipinski definition) is 9. The summed E-state index contributed by atoms with van der Waals surface area (Å²) in [6.07, 6.45) is 3.54. The SMILES string of the molecule is COC(=O)N[C@H](C(=O)N1CCCC1c1nc2ccc(NC(=O)c3cc4cc5cc(-c6cnc(C7CCCN7C(=O)[C@H](NC(=O)OC)C(C)C)[nH]6)[nH]c5cc4[nH]3)cc2[nH]1)C(C)C. The standard InChI is InChI=1S/C43H51N11O7/c1-21(2)35(51-42(58)60-5)40(56)53-13-7-9-33(53)37-44-20-32(50-37)29-16-23-15-24-17-31(47-28(24)19-27(23)46-29)39(55)45-25-11-12-26-30(18-25)49-38(48-26)34-10-8-14-54(34)41(57)36(22(3)4)52-43(59)61-6/h11-12,15-22,33-36,46-47H,7-10,13-14H2,1-6H3,(H,44,50)(H,45,55)(H,48,49)(H,51,58)(H,52,59)/t33?,34?,35-,36+/m1/s1. The van der Waals surface area contributed by atoms with Gasteiger partial charge in [0.05, 0.1) is 54.9 Å². The van der Waals surface area contributed by atoms with Crippen molar-refractivity contribution in [2.24, 2.45) is 11.8 Å². The Bertz CT molecular complexity index is 2590. The van der Waals surface area contributed by atoms with Crippen LogP contribution in [0.1, 0.15) is 87.6 Å². The Morgan fingerprint density at radius 1 is 0.689 bits per heavy atom. The lowest BCUT2D eigenvalue weighted by molar-refractivity contribution is -0.136. The molecule has 6 heterocycles. The predicted octanol–water partition coefficient (Wildman–Crippen LogP) is 6.26. The molecule has 5 amide bonds. The molecule has 0 spiro atoms. The smallest absolute Gasteiger partial charge is 0.407 e. The molecule has 320 valence electrons. The molecule has 18 nitrogen and oxygen atoms in total. The molecular weight excluding hydrogens is 783 g/mol. The summed E-state index contributed by atoms with van der Waals surface area (Å²) >= 11 is 0. The largest absolute Gasteiger partial charge is 0.453 e. The van der Waals surface area contributed by atoms with Crippen LogP contribution in [0.4, 0.5) is 15.3 Å². The van der Waals surface area contributed by atoms with Crippen LogP contribution >= 0.6 is 0 Å². The molecule has 0 aliphatic carbocycles. The number of nitrogens with zero attached hydrogens (tertiary/aromatic N) is 4. The third kappa shape index (κ3) is 8.08. The number of H-pyrrole nitrogens is 4. The van der Waals surface area contributed by atoms with E-state index in [0.717, 1.165) is 58.9 Å². The lowest BCUT2D eigenvalue weighted by Gasteiger charge is -2.30. The number of carbonyl (C=O) groups is 5. The number of fused-ring (bicyclic) bond motifs is 3.